The van der Waals surface area contributed by atoms with Crippen LogP contribution >= 0.6 is 0 Å². The molecule has 3 atom stereocenters. The Hall–Kier alpha value is -1.42. The number of allylic oxidation sites excluding steroid dienone is 3. The molecule has 0 aromatic rings. The second-order valence-electron chi connectivity index (χ2n) is 4.73. The van der Waals surface area contributed by atoms with Crippen LogP contribution in [0.2, 0.25) is 0 Å². The second-order valence-corrected chi connectivity index (χ2v) is 4.73. The van der Waals surface area contributed by atoms with Gasteiger partial charge in [-0.25, -0.2) is 0 Å². The third-order valence-corrected chi connectivity index (χ3v) is 3.98. The highest BCUT2D eigenvalue weighted by molar-refractivity contribution is 6.11. The number of aliphatic hydroxyl groups is 1. The highest BCUT2D eigenvalue weighted by Crippen LogP contribution is 2.47. The zero-order valence-electron chi connectivity index (χ0n) is 9.97. The number of ketones is 2. The Balaban J connectivity index is 2.52. The number of carbonyl (C=O) groups excluding carboxylic acids is 2. The summed E-state index contributed by atoms with van der Waals surface area (Å²) in [7, 11) is 1.38. The fraction of sp³-hybridized carbons (Fsp3) is 0.538. The Morgan fingerprint density at radius 2 is 2.24 bits per heavy atom. The number of fused-ring (bicyclic) bond motifs is 1. The van der Waals surface area contributed by atoms with Crippen LogP contribution in [0.5, 0.6) is 0 Å². The molecule has 0 fully saturated rings. The lowest BCUT2D eigenvalue weighted by Crippen LogP contribution is -2.51. The smallest absolute Gasteiger partial charge is 0.204 e. The Kier molecular flexibility index (Phi) is 2.91. The standard InChI is InChI=1S/C13H16O4/c1-13-8(7-14)4-3-5-9(13)10(15)6-11(17-2)12(13)16/h3-4,6,8-9,14H,5,7H2,1-2H3/t8-,9+,13+/m1/s1. The van der Waals surface area contributed by atoms with E-state index in [1.54, 1.807) is 6.92 Å². The molecule has 1 N–H and O–H groups in total. The third-order valence-electron chi connectivity index (χ3n) is 3.98. The summed E-state index contributed by atoms with van der Waals surface area (Å²) >= 11 is 0. The van der Waals surface area contributed by atoms with Gasteiger partial charge < -0.3 is 9.84 Å². The van der Waals surface area contributed by atoms with E-state index >= 15 is 0 Å². The number of methoxy groups -OCH3 is 1. The van der Waals surface area contributed by atoms with E-state index in [1.807, 2.05) is 12.2 Å². The molecule has 0 amide bonds. The topological polar surface area (TPSA) is 63.6 Å². The Morgan fingerprint density at radius 3 is 2.82 bits per heavy atom. The molecule has 2 rings (SSSR count). The van der Waals surface area contributed by atoms with Crippen LogP contribution in [-0.4, -0.2) is 30.4 Å². The molecule has 0 unspecified atom stereocenters. The van der Waals surface area contributed by atoms with E-state index in [9.17, 15) is 14.7 Å². The molecule has 0 saturated carbocycles. The lowest BCUT2D eigenvalue weighted by atomic mass is 9.58. The van der Waals surface area contributed by atoms with Crippen LogP contribution in [0.1, 0.15) is 13.3 Å². The molecule has 92 valence electrons. The predicted molar refractivity (Wildman–Crippen MR) is 61.0 cm³/mol. The molecule has 2 aliphatic rings. The van der Waals surface area contributed by atoms with Gasteiger partial charge in [0.15, 0.2) is 11.5 Å². The first-order chi connectivity index (χ1) is 8.05. The van der Waals surface area contributed by atoms with E-state index in [4.69, 9.17) is 4.74 Å². The molecule has 0 bridgehead atoms. The minimum atomic E-state index is -0.874. The van der Waals surface area contributed by atoms with Crippen molar-refractivity contribution in [1.29, 1.82) is 0 Å². The van der Waals surface area contributed by atoms with Gasteiger partial charge in [-0.15, -0.1) is 0 Å². The molecule has 2 aliphatic carbocycles. The summed E-state index contributed by atoms with van der Waals surface area (Å²) in [6, 6.07) is 0. The first-order valence-corrected chi connectivity index (χ1v) is 5.67. The minimum Gasteiger partial charge on any atom is -0.493 e. The number of hydrogen-bond acceptors (Lipinski definition) is 4. The van der Waals surface area contributed by atoms with Crippen LogP contribution in [-0.2, 0) is 14.3 Å². The number of ether oxygens (including phenoxy) is 1. The van der Waals surface area contributed by atoms with Crippen molar-refractivity contribution in [3.8, 4) is 0 Å². The van der Waals surface area contributed by atoms with E-state index in [0.717, 1.165) is 0 Å². The van der Waals surface area contributed by atoms with Gasteiger partial charge in [-0.3, -0.25) is 9.59 Å². The van der Waals surface area contributed by atoms with Crippen LogP contribution in [0, 0.1) is 17.3 Å². The summed E-state index contributed by atoms with van der Waals surface area (Å²) in [4.78, 5) is 24.3. The molecule has 0 aromatic heterocycles. The fourth-order valence-electron chi connectivity index (χ4n) is 2.78. The molecule has 17 heavy (non-hydrogen) atoms. The quantitative estimate of drug-likeness (QED) is 0.722. The molecule has 0 spiro atoms. The molecule has 0 heterocycles. The fourth-order valence-corrected chi connectivity index (χ4v) is 2.78. The number of Topliss-reactive ketones (excluding diaryl/α,β-unsaturated/α-hetero) is 1. The monoisotopic (exact) mass is 236 g/mol. The number of rotatable bonds is 2. The van der Waals surface area contributed by atoms with Crippen LogP contribution in [0.25, 0.3) is 0 Å². The van der Waals surface area contributed by atoms with Gasteiger partial charge in [-0.05, 0) is 6.42 Å². The van der Waals surface area contributed by atoms with Crippen molar-refractivity contribution >= 4 is 11.6 Å². The highest BCUT2D eigenvalue weighted by atomic mass is 16.5. The first kappa shape index (κ1) is 12.0. The van der Waals surface area contributed by atoms with Crippen LogP contribution in [0.4, 0.5) is 0 Å². The van der Waals surface area contributed by atoms with Crippen molar-refractivity contribution in [2.75, 3.05) is 13.7 Å². The Labute approximate surface area is 100.0 Å². The highest BCUT2D eigenvalue weighted by Gasteiger charge is 2.53. The van der Waals surface area contributed by atoms with Crippen molar-refractivity contribution in [3.05, 3.63) is 24.0 Å². The third kappa shape index (κ3) is 1.55. The lowest BCUT2D eigenvalue weighted by Gasteiger charge is -2.43. The van der Waals surface area contributed by atoms with Crippen LogP contribution < -0.4 is 0 Å². The summed E-state index contributed by atoms with van der Waals surface area (Å²) in [5.74, 6) is -0.880. The molecule has 4 nitrogen and oxygen atoms in total. The molecule has 4 heteroatoms. The maximum atomic E-state index is 12.3. The molecular weight excluding hydrogens is 220 g/mol. The van der Waals surface area contributed by atoms with Gasteiger partial charge in [0.1, 0.15) is 0 Å². The maximum absolute atomic E-state index is 12.3. The van der Waals surface area contributed by atoms with Crippen LogP contribution in [0.15, 0.2) is 24.0 Å². The van der Waals surface area contributed by atoms with Gasteiger partial charge in [0.05, 0.1) is 19.1 Å². The minimum absolute atomic E-state index is 0.0910. The van der Waals surface area contributed by atoms with Crippen LogP contribution in [0.3, 0.4) is 0 Å². The normalized spacial score (nSPS) is 36.5. The Morgan fingerprint density at radius 1 is 1.53 bits per heavy atom. The SMILES string of the molecule is COC1=CC(=O)[C@@H]2CC=C[C@H](CO)[C@]2(C)C1=O. The summed E-state index contributed by atoms with van der Waals surface area (Å²) < 4.78 is 4.97. The first-order valence-electron chi connectivity index (χ1n) is 5.67. The molecule has 0 aromatic carbocycles. The summed E-state index contributed by atoms with van der Waals surface area (Å²) in [5.41, 5.74) is -0.874. The average molecular weight is 236 g/mol. The van der Waals surface area contributed by atoms with E-state index in [2.05, 4.69) is 0 Å². The van der Waals surface area contributed by atoms with Gasteiger partial charge in [-0.2, -0.15) is 0 Å². The van der Waals surface area contributed by atoms with Gasteiger partial charge in [-0.1, -0.05) is 19.1 Å². The zero-order chi connectivity index (χ0) is 12.6. The number of carbonyl (C=O) groups is 2. The number of hydrogen-bond donors (Lipinski definition) is 1. The lowest BCUT2D eigenvalue weighted by molar-refractivity contribution is -0.143. The van der Waals surface area contributed by atoms with E-state index < -0.39 is 5.41 Å². The summed E-state index contributed by atoms with van der Waals surface area (Å²) in [5, 5.41) is 9.38. The summed E-state index contributed by atoms with van der Waals surface area (Å²) in [6.07, 6.45) is 5.51. The second kappa shape index (κ2) is 4.11. The van der Waals surface area contributed by atoms with Crippen molar-refractivity contribution < 1.29 is 19.4 Å². The molecular formula is C13H16O4. The zero-order valence-corrected chi connectivity index (χ0v) is 9.97. The van der Waals surface area contributed by atoms with Crippen molar-refractivity contribution in [2.45, 2.75) is 13.3 Å². The van der Waals surface area contributed by atoms with Crippen molar-refractivity contribution in [2.24, 2.45) is 17.3 Å². The van der Waals surface area contributed by atoms with E-state index in [1.165, 1.54) is 13.2 Å². The molecule has 0 radical (unpaired) electrons. The molecule has 0 aliphatic heterocycles. The van der Waals surface area contributed by atoms with E-state index in [0.29, 0.717) is 6.42 Å². The van der Waals surface area contributed by atoms with E-state index in [-0.39, 0.29) is 35.8 Å². The van der Waals surface area contributed by atoms with Gasteiger partial charge >= 0.3 is 0 Å². The van der Waals surface area contributed by atoms with Gasteiger partial charge in [0, 0.05) is 17.9 Å². The number of aliphatic hydroxyl groups excluding tert-OH is 1. The van der Waals surface area contributed by atoms with Crippen molar-refractivity contribution in [3.63, 3.8) is 0 Å². The van der Waals surface area contributed by atoms with Crippen molar-refractivity contribution in [1.82, 2.24) is 0 Å². The average Bonchev–Trinajstić information content (AvgIpc) is 2.33. The maximum Gasteiger partial charge on any atom is 0.204 e. The predicted octanol–water partition coefficient (Wildman–Crippen LogP) is 0.859. The molecule has 0 saturated heterocycles. The van der Waals surface area contributed by atoms with Gasteiger partial charge in [0.25, 0.3) is 0 Å². The largest absolute Gasteiger partial charge is 0.493 e. The Bertz CT molecular complexity index is 421. The van der Waals surface area contributed by atoms with Gasteiger partial charge in [0.2, 0.25) is 5.78 Å². The summed E-state index contributed by atoms with van der Waals surface area (Å²) in [6.45, 7) is 1.60.